The number of aromatic nitrogens is 2. The lowest BCUT2D eigenvalue weighted by Gasteiger charge is -1.91. The lowest BCUT2D eigenvalue weighted by Crippen LogP contribution is -1.93. The number of hydrogen-bond acceptors (Lipinski definition) is 2. The van der Waals surface area contributed by atoms with Crippen molar-refractivity contribution >= 4 is 28.5 Å². The zero-order valence-electron chi connectivity index (χ0n) is 6.41. The van der Waals surface area contributed by atoms with Gasteiger partial charge in [-0.05, 0) is 6.07 Å². The number of carboxylic acids is 1. The number of halogens is 1. The molecule has 0 aromatic carbocycles. The van der Waals surface area contributed by atoms with Crippen LogP contribution in [0.2, 0.25) is 5.15 Å². The van der Waals surface area contributed by atoms with Crippen LogP contribution >= 0.6 is 11.6 Å². The number of aromatic carboxylic acids is 1. The highest BCUT2D eigenvalue weighted by Gasteiger charge is 2.10. The Labute approximate surface area is 78.2 Å². The fraction of sp³-hybridized carbons (Fsp3) is 0. The molecule has 66 valence electrons. The summed E-state index contributed by atoms with van der Waals surface area (Å²) in [7, 11) is 0. The van der Waals surface area contributed by atoms with Crippen LogP contribution in [-0.4, -0.2) is 21.0 Å². The van der Waals surface area contributed by atoms with Gasteiger partial charge in [0, 0.05) is 17.8 Å². The van der Waals surface area contributed by atoms with Gasteiger partial charge in [-0.25, -0.2) is 9.78 Å². The van der Waals surface area contributed by atoms with Gasteiger partial charge in [-0.1, -0.05) is 11.6 Å². The van der Waals surface area contributed by atoms with E-state index in [9.17, 15) is 4.79 Å². The Morgan fingerprint density at radius 2 is 2.38 bits per heavy atom. The number of fused-ring (bicyclic) bond motifs is 1. The first kappa shape index (κ1) is 8.07. The Kier molecular flexibility index (Phi) is 1.70. The van der Waals surface area contributed by atoms with Crippen LogP contribution in [0.4, 0.5) is 0 Å². The quantitative estimate of drug-likeness (QED) is 0.685. The molecule has 0 unspecified atom stereocenters. The van der Waals surface area contributed by atoms with Gasteiger partial charge >= 0.3 is 5.97 Å². The molecule has 2 aromatic rings. The van der Waals surface area contributed by atoms with E-state index in [2.05, 4.69) is 9.97 Å². The molecule has 0 atom stereocenters. The minimum atomic E-state index is -0.977. The fourth-order valence-electron chi connectivity index (χ4n) is 1.17. The van der Waals surface area contributed by atoms with Crippen molar-refractivity contribution in [1.29, 1.82) is 0 Å². The molecule has 0 radical (unpaired) electrons. The van der Waals surface area contributed by atoms with Crippen LogP contribution in [-0.2, 0) is 0 Å². The van der Waals surface area contributed by atoms with Gasteiger partial charge in [0.25, 0.3) is 0 Å². The van der Waals surface area contributed by atoms with E-state index >= 15 is 0 Å². The summed E-state index contributed by atoms with van der Waals surface area (Å²) in [4.78, 5) is 17.3. The van der Waals surface area contributed by atoms with Gasteiger partial charge in [-0.3, -0.25) is 0 Å². The molecule has 0 spiro atoms. The van der Waals surface area contributed by atoms with Gasteiger partial charge in [0.1, 0.15) is 5.15 Å². The highest BCUT2D eigenvalue weighted by atomic mass is 35.5. The minimum Gasteiger partial charge on any atom is -0.478 e. The summed E-state index contributed by atoms with van der Waals surface area (Å²) in [6.45, 7) is 0. The molecule has 2 rings (SSSR count). The molecule has 0 bridgehead atoms. The molecule has 0 saturated carbocycles. The van der Waals surface area contributed by atoms with Crippen molar-refractivity contribution in [2.24, 2.45) is 0 Å². The summed E-state index contributed by atoms with van der Waals surface area (Å²) in [6, 6.07) is 1.59. The predicted octanol–water partition coefficient (Wildman–Crippen LogP) is 1.91. The zero-order chi connectivity index (χ0) is 9.42. The smallest absolute Gasteiger partial charge is 0.337 e. The van der Waals surface area contributed by atoms with Gasteiger partial charge in [0.2, 0.25) is 0 Å². The highest BCUT2D eigenvalue weighted by Crippen LogP contribution is 2.19. The Morgan fingerprint density at radius 1 is 1.62 bits per heavy atom. The van der Waals surface area contributed by atoms with Crippen LogP contribution in [0.5, 0.6) is 0 Å². The zero-order valence-corrected chi connectivity index (χ0v) is 7.17. The second kappa shape index (κ2) is 2.74. The summed E-state index contributed by atoms with van der Waals surface area (Å²) in [5.74, 6) is -0.977. The van der Waals surface area contributed by atoms with Crippen LogP contribution in [0.15, 0.2) is 18.5 Å². The molecule has 2 aromatic heterocycles. The fourth-order valence-corrected chi connectivity index (χ4v) is 1.33. The standard InChI is InChI=1S/C8H5ClN2O2/c9-7-1-6-4(2-11-7)5(3-10-6)8(12)13/h1-3,10H,(H,12,13). The van der Waals surface area contributed by atoms with E-state index in [0.29, 0.717) is 16.1 Å². The third-order valence-corrected chi connectivity index (χ3v) is 1.97. The molecular formula is C8H5ClN2O2. The summed E-state index contributed by atoms with van der Waals surface area (Å²) >= 11 is 5.63. The van der Waals surface area contributed by atoms with Gasteiger partial charge in [-0.2, -0.15) is 0 Å². The normalized spacial score (nSPS) is 10.5. The molecule has 0 aliphatic carbocycles. The van der Waals surface area contributed by atoms with Crippen molar-refractivity contribution < 1.29 is 9.90 Å². The van der Waals surface area contributed by atoms with Crippen molar-refractivity contribution in [2.75, 3.05) is 0 Å². The van der Waals surface area contributed by atoms with E-state index in [1.54, 1.807) is 6.07 Å². The molecule has 0 amide bonds. The first-order chi connectivity index (χ1) is 6.18. The van der Waals surface area contributed by atoms with Crippen LogP contribution in [0.3, 0.4) is 0 Å². The predicted molar refractivity (Wildman–Crippen MR) is 48.1 cm³/mol. The van der Waals surface area contributed by atoms with E-state index in [-0.39, 0.29) is 5.56 Å². The van der Waals surface area contributed by atoms with Gasteiger partial charge in [-0.15, -0.1) is 0 Å². The van der Waals surface area contributed by atoms with E-state index in [4.69, 9.17) is 16.7 Å². The lowest BCUT2D eigenvalue weighted by atomic mass is 10.2. The molecule has 13 heavy (non-hydrogen) atoms. The maximum absolute atomic E-state index is 10.7. The van der Waals surface area contributed by atoms with E-state index in [1.807, 2.05) is 0 Å². The number of nitrogens with one attached hydrogen (secondary N) is 1. The first-order valence-corrected chi connectivity index (χ1v) is 3.92. The van der Waals surface area contributed by atoms with Crippen molar-refractivity contribution in [3.05, 3.63) is 29.2 Å². The van der Waals surface area contributed by atoms with Crippen LogP contribution in [0.1, 0.15) is 10.4 Å². The van der Waals surface area contributed by atoms with Crippen LogP contribution in [0.25, 0.3) is 10.9 Å². The van der Waals surface area contributed by atoms with Crippen molar-refractivity contribution in [3.8, 4) is 0 Å². The first-order valence-electron chi connectivity index (χ1n) is 3.54. The monoisotopic (exact) mass is 196 g/mol. The number of rotatable bonds is 1. The van der Waals surface area contributed by atoms with Crippen LogP contribution < -0.4 is 0 Å². The van der Waals surface area contributed by atoms with E-state index < -0.39 is 5.97 Å². The van der Waals surface area contributed by atoms with Gasteiger partial charge in [0.05, 0.1) is 11.1 Å². The number of hydrogen-bond donors (Lipinski definition) is 2. The topological polar surface area (TPSA) is 66.0 Å². The Balaban J connectivity index is 2.76. The number of H-pyrrole nitrogens is 1. The number of pyridine rings is 1. The number of carboxylic acid groups (broad SMARTS) is 1. The second-order valence-corrected chi connectivity index (χ2v) is 2.95. The number of carbonyl (C=O) groups is 1. The summed E-state index contributed by atoms with van der Waals surface area (Å²) in [6.07, 6.45) is 2.86. The summed E-state index contributed by atoms with van der Waals surface area (Å²) < 4.78 is 0. The Hall–Kier alpha value is -1.55. The molecule has 0 aliphatic heterocycles. The molecule has 5 heteroatoms. The number of nitrogens with zero attached hydrogens (tertiary/aromatic N) is 1. The van der Waals surface area contributed by atoms with Gasteiger partial charge in [0.15, 0.2) is 0 Å². The summed E-state index contributed by atoms with van der Waals surface area (Å²) in [5.41, 5.74) is 0.886. The lowest BCUT2D eigenvalue weighted by molar-refractivity contribution is 0.0699. The molecule has 0 aliphatic rings. The van der Waals surface area contributed by atoms with Crippen molar-refractivity contribution in [3.63, 3.8) is 0 Å². The Morgan fingerprint density at radius 3 is 3.08 bits per heavy atom. The third kappa shape index (κ3) is 1.25. The summed E-state index contributed by atoms with van der Waals surface area (Å²) in [5, 5.41) is 9.67. The van der Waals surface area contributed by atoms with Crippen molar-refractivity contribution in [2.45, 2.75) is 0 Å². The maximum atomic E-state index is 10.7. The molecule has 0 saturated heterocycles. The Bertz CT molecular complexity index is 478. The average molecular weight is 197 g/mol. The second-order valence-electron chi connectivity index (χ2n) is 2.56. The molecule has 2 heterocycles. The third-order valence-electron chi connectivity index (χ3n) is 1.76. The molecule has 2 N–H and O–H groups in total. The average Bonchev–Trinajstić information content (AvgIpc) is 2.46. The van der Waals surface area contributed by atoms with E-state index in [1.165, 1.54) is 12.4 Å². The van der Waals surface area contributed by atoms with Gasteiger partial charge < -0.3 is 10.1 Å². The van der Waals surface area contributed by atoms with Crippen molar-refractivity contribution in [1.82, 2.24) is 9.97 Å². The molecule has 0 fully saturated rings. The minimum absolute atomic E-state index is 0.208. The molecule has 4 nitrogen and oxygen atoms in total. The molecular weight excluding hydrogens is 192 g/mol. The van der Waals surface area contributed by atoms with E-state index in [0.717, 1.165) is 0 Å². The van der Waals surface area contributed by atoms with Crippen LogP contribution in [0, 0.1) is 0 Å². The largest absolute Gasteiger partial charge is 0.478 e. The highest BCUT2D eigenvalue weighted by molar-refractivity contribution is 6.30. The SMILES string of the molecule is O=C(O)c1c[nH]c2cc(Cl)ncc12. The maximum Gasteiger partial charge on any atom is 0.337 e. The number of aromatic amines is 1.